The predicted molar refractivity (Wildman–Crippen MR) is 64.9 cm³/mol. The lowest BCUT2D eigenvalue weighted by Crippen LogP contribution is -2.66. The Bertz CT molecular complexity index is 379. The topological polar surface area (TPSA) is 17.1 Å². The van der Waals surface area contributed by atoms with Crippen molar-refractivity contribution in [2.24, 2.45) is 35.0 Å². The van der Waals surface area contributed by atoms with Crippen molar-refractivity contribution in [2.45, 2.75) is 40.5 Å². The Labute approximate surface area is 98.3 Å². The number of hydrogen-bond donors (Lipinski definition) is 0. The first-order valence-corrected chi connectivity index (χ1v) is 6.69. The smallest absolute Gasteiger partial charge is 0.159 e. The van der Waals surface area contributed by atoms with Crippen LogP contribution in [0.5, 0.6) is 0 Å². The molecule has 0 unspecified atom stereocenters. The zero-order chi connectivity index (χ0) is 11.7. The molecule has 0 radical (unpaired) electrons. The molecule has 5 atom stereocenters. The third-order valence-electron chi connectivity index (χ3n) is 5.72. The van der Waals surface area contributed by atoms with Crippen LogP contribution in [0.25, 0.3) is 0 Å². The summed E-state index contributed by atoms with van der Waals surface area (Å²) in [5, 5.41) is 0. The van der Waals surface area contributed by atoms with Crippen LogP contribution < -0.4 is 0 Å². The van der Waals surface area contributed by atoms with Crippen molar-refractivity contribution in [1.82, 2.24) is 0 Å². The Morgan fingerprint density at radius 1 is 1.38 bits per heavy atom. The van der Waals surface area contributed by atoms with Gasteiger partial charge in [0.2, 0.25) is 0 Å². The first-order chi connectivity index (χ1) is 7.47. The van der Waals surface area contributed by atoms with Gasteiger partial charge in [-0.2, -0.15) is 0 Å². The van der Waals surface area contributed by atoms with Gasteiger partial charge >= 0.3 is 0 Å². The molecule has 2 saturated carbocycles. The summed E-state index contributed by atoms with van der Waals surface area (Å²) < 4.78 is 0. The molecule has 0 aromatic heterocycles. The van der Waals surface area contributed by atoms with Crippen LogP contribution in [-0.4, -0.2) is 5.78 Å². The van der Waals surface area contributed by atoms with E-state index >= 15 is 0 Å². The summed E-state index contributed by atoms with van der Waals surface area (Å²) in [5.74, 6) is 3.70. The molecule has 0 heterocycles. The second-order valence-corrected chi connectivity index (χ2v) is 6.78. The lowest BCUT2D eigenvalue weighted by atomic mass is 9.34. The molecule has 1 nitrogen and oxygen atoms in total. The highest BCUT2D eigenvalue weighted by Crippen LogP contribution is 2.70. The van der Waals surface area contributed by atoms with E-state index in [1.54, 1.807) is 0 Å². The third-order valence-corrected chi connectivity index (χ3v) is 5.72. The van der Waals surface area contributed by atoms with Crippen LogP contribution in [0.2, 0.25) is 0 Å². The van der Waals surface area contributed by atoms with Crippen molar-refractivity contribution in [3.8, 4) is 0 Å². The van der Waals surface area contributed by atoms with Gasteiger partial charge in [0.25, 0.3) is 0 Å². The fourth-order valence-corrected chi connectivity index (χ4v) is 5.14. The van der Waals surface area contributed by atoms with Gasteiger partial charge in [0.1, 0.15) is 0 Å². The van der Waals surface area contributed by atoms with E-state index in [2.05, 4.69) is 27.7 Å². The first kappa shape index (κ1) is 10.6. The van der Waals surface area contributed by atoms with Crippen LogP contribution in [0.1, 0.15) is 40.5 Å². The molecule has 0 spiro atoms. The number of carbonyl (C=O) groups excluding carboxylic acids is 1. The maximum absolute atomic E-state index is 12.2. The van der Waals surface area contributed by atoms with Crippen molar-refractivity contribution >= 4 is 5.78 Å². The Hall–Kier alpha value is -0.590. The lowest BCUT2D eigenvalue weighted by Gasteiger charge is -2.69. The third kappa shape index (κ3) is 1.00. The molecule has 0 N–H and O–H groups in total. The molecule has 0 saturated heterocycles. The molecule has 0 aromatic carbocycles. The summed E-state index contributed by atoms with van der Waals surface area (Å²) >= 11 is 0. The minimum absolute atomic E-state index is 0.325. The van der Waals surface area contributed by atoms with E-state index in [1.807, 2.05) is 6.08 Å². The minimum atomic E-state index is 0.325. The average Bonchev–Trinajstić information content (AvgIpc) is 2.15. The largest absolute Gasteiger partial charge is 0.295 e. The van der Waals surface area contributed by atoms with Crippen molar-refractivity contribution < 1.29 is 4.79 Å². The van der Waals surface area contributed by atoms with Crippen molar-refractivity contribution in [3.63, 3.8) is 0 Å². The summed E-state index contributed by atoms with van der Waals surface area (Å²) in [6, 6.07) is 0. The quantitative estimate of drug-likeness (QED) is 0.659. The van der Waals surface area contributed by atoms with Gasteiger partial charge < -0.3 is 0 Å². The van der Waals surface area contributed by atoms with Gasteiger partial charge in [0, 0.05) is 5.92 Å². The number of fused-ring (bicyclic) bond motifs is 1. The Balaban J connectivity index is 2.02. The standard InChI is InChI=1S/C15H22O/c1-8(2)10-5-6-15(4)13-9(3)7-11(16)14(15)12(10)13/h7-8,10,12-14H,5-6H2,1-4H3/t10-,12+,13+,14-,15-/m1/s1. The Kier molecular flexibility index (Phi) is 1.98. The van der Waals surface area contributed by atoms with Gasteiger partial charge in [-0.15, -0.1) is 0 Å². The van der Waals surface area contributed by atoms with Crippen molar-refractivity contribution in [3.05, 3.63) is 11.6 Å². The van der Waals surface area contributed by atoms with Crippen LogP contribution in [0.15, 0.2) is 11.6 Å². The molecule has 16 heavy (non-hydrogen) atoms. The number of allylic oxidation sites excluding steroid dienone is 2. The maximum atomic E-state index is 12.2. The fourth-order valence-electron chi connectivity index (χ4n) is 5.14. The lowest BCUT2D eigenvalue weighted by molar-refractivity contribution is -0.186. The van der Waals surface area contributed by atoms with E-state index < -0.39 is 0 Å². The zero-order valence-electron chi connectivity index (χ0n) is 10.8. The molecule has 4 rings (SSSR count). The zero-order valence-corrected chi connectivity index (χ0v) is 10.8. The highest BCUT2D eigenvalue weighted by atomic mass is 16.1. The van der Waals surface area contributed by atoms with Crippen molar-refractivity contribution in [1.29, 1.82) is 0 Å². The van der Waals surface area contributed by atoms with E-state index in [1.165, 1.54) is 18.4 Å². The van der Waals surface area contributed by atoms with Crippen LogP contribution in [0.4, 0.5) is 0 Å². The molecule has 4 aliphatic carbocycles. The highest BCUT2D eigenvalue weighted by molar-refractivity contribution is 5.96. The Morgan fingerprint density at radius 2 is 2.06 bits per heavy atom. The number of hydrogen-bond acceptors (Lipinski definition) is 1. The summed E-state index contributed by atoms with van der Waals surface area (Å²) in [6.07, 6.45) is 4.53. The molecular formula is C15H22O. The maximum Gasteiger partial charge on any atom is 0.159 e. The summed E-state index contributed by atoms with van der Waals surface area (Å²) in [7, 11) is 0. The predicted octanol–water partition coefficient (Wildman–Crippen LogP) is 3.45. The molecule has 0 aromatic rings. The number of carbonyl (C=O) groups is 1. The summed E-state index contributed by atoms with van der Waals surface area (Å²) in [4.78, 5) is 12.2. The fraction of sp³-hybridized carbons (Fsp3) is 0.800. The second kappa shape index (κ2) is 3.00. The molecule has 0 aliphatic heterocycles. The SMILES string of the molecule is CC1=CC(=O)[C@@H]2[C@H]3[C@@H](C(C)C)CC[C@]2(C)[C@@H]13. The van der Waals surface area contributed by atoms with Gasteiger partial charge in [-0.3, -0.25) is 4.79 Å². The molecule has 0 amide bonds. The normalized spacial score (nSPS) is 50.1. The van der Waals surface area contributed by atoms with E-state index in [0.717, 1.165) is 17.8 Å². The molecule has 4 bridgehead atoms. The molecule has 2 fully saturated rings. The number of ketones is 1. The van der Waals surface area contributed by atoms with Crippen LogP contribution >= 0.6 is 0 Å². The van der Waals surface area contributed by atoms with Crippen molar-refractivity contribution in [2.75, 3.05) is 0 Å². The van der Waals surface area contributed by atoms with Crippen LogP contribution in [0, 0.1) is 35.0 Å². The van der Waals surface area contributed by atoms with Gasteiger partial charge in [0.15, 0.2) is 5.78 Å². The van der Waals surface area contributed by atoms with Gasteiger partial charge in [-0.1, -0.05) is 26.3 Å². The Morgan fingerprint density at radius 3 is 2.62 bits per heavy atom. The summed E-state index contributed by atoms with van der Waals surface area (Å²) in [6.45, 7) is 9.17. The minimum Gasteiger partial charge on any atom is -0.295 e. The monoisotopic (exact) mass is 218 g/mol. The molecule has 88 valence electrons. The average molecular weight is 218 g/mol. The van der Waals surface area contributed by atoms with Gasteiger partial charge in [-0.25, -0.2) is 0 Å². The molecule has 1 heteroatoms. The van der Waals surface area contributed by atoms with E-state index in [-0.39, 0.29) is 0 Å². The first-order valence-electron chi connectivity index (χ1n) is 6.69. The number of rotatable bonds is 1. The summed E-state index contributed by atoms with van der Waals surface area (Å²) in [5.41, 5.74) is 1.69. The highest BCUT2D eigenvalue weighted by Gasteiger charge is 2.68. The van der Waals surface area contributed by atoms with Gasteiger partial charge in [-0.05, 0) is 54.9 Å². The van der Waals surface area contributed by atoms with Crippen LogP contribution in [-0.2, 0) is 4.79 Å². The van der Waals surface area contributed by atoms with Gasteiger partial charge in [0.05, 0.1) is 0 Å². The van der Waals surface area contributed by atoms with Crippen LogP contribution in [0.3, 0.4) is 0 Å². The van der Waals surface area contributed by atoms with E-state index in [4.69, 9.17) is 0 Å². The molecular weight excluding hydrogens is 196 g/mol. The second-order valence-electron chi connectivity index (χ2n) is 6.78. The van der Waals surface area contributed by atoms with E-state index in [0.29, 0.717) is 23.0 Å². The van der Waals surface area contributed by atoms with E-state index in [9.17, 15) is 4.79 Å². The molecule has 4 aliphatic rings.